The fourth-order valence-electron chi connectivity index (χ4n) is 2.37. The minimum atomic E-state index is -0.833. The van der Waals surface area contributed by atoms with Crippen LogP contribution in [0.3, 0.4) is 0 Å². The van der Waals surface area contributed by atoms with Crippen molar-refractivity contribution in [1.29, 1.82) is 0 Å². The molecule has 0 atom stereocenters. The van der Waals surface area contributed by atoms with Crippen molar-refractivity contribution in [2.45, 2.75) is 6.92 Å². The van der Waals surface area contributed by atoms with Gasteiger partial charge in [-0.3, -0.25) is 9.89 Å². The molecule has 0 aliphatic rings. The van der Waals surface area contributed by atoms with E-state index >= 15 is 0 Å². The quantitative estimate of drug-likeness (QED) is 0.440. The molecule has 1 aromatic carbocycles. The van der Waals surface area contributed by atoms with Crippen LogP contribution in [0.5, 0.6) is 0 Å². The van der Waals surface area contributed by atoms with Crippen LogP contribution in [0.4, 0.5) is 17.5 Å². The summed E-state index contributed by atoms with van der Waals surface area (Å²) >= 11 is 0. The maximum absolute atomic E-state index is 9.00. The van der Waals surface area contributed by atoms with E-state index in [1.54, 1.807) is 31.0 Å². The van der Waals surface area contributed by atoms with E-state index < -0.39 is 5.97 Å². The summed E-state index contributed by atoms with van der Waals surface area (Å²) in [5.74, 6) is 0.0259. The molecule has 0 saturated carbocycles. The molecule has 0 amide bonds. The minimum Gasteiger partial charge on any atom is -0.481 e. The maximum Gasteiger partial charge on any atom is 0.300 e. The number of rotatable bonds is 3. The zero-order valence-corrected chi connectivity index (χ0v) is 13.8. The third-order valence-corrected chi connectivity index (χ3v) is 3.33. The number of furan rings is 1. The summed E-state index contributed by atoms with van der Waals surface area (Å²) in [5.41, 5.74) is 9.40. The number of aliphatic carboxylic acids is 1. The van der Waals surface area contributed by atoms with Crippen molar-refractivity contribution in [2.24, 2.45) is 0 Å². The van der Waals surface area contributed by atoms with E-state index in [9.17, 15) is 0 Å². The average Bonchev–Trinajstić information content (AvgIpc) is 3.25. The van der Waals surface area contributed by atoms with Gasteiger partial charge < -0.3 is 20.6 Å². The number of anilines is 3. The molecule has 132 valence electrons. The fourth-order valence-corrected chi connectivity index (χ4v) is 2.37. The molecule has 3 heterocycles. The van der Waals surface area contributed by atoms with Crippen molar-refractivity contribution < 1.29 is 14.3 Å². The Balaban J connectivity index is 0.000000447. The van der Waals surface area contributed by atoms with E-state index in [0.29, 0.717) is 5.82 Å². The number of fused-ring (bicyclic) bond motifs is 1. The summed E-state index contributed by atoms with van der Waals surface area (Å²) in [7, 11) is 0. The Kier molecular flexibility index (Phi) is 4.79. The highest BCUT2D eigenvalue weighted by atomic mass is 16.4. The molecule has 0 fully saturated rings. The van der Waals surface area contributed by atoms with Crippen LogP contribution in [0.2, 0.25) is 0 Å². The molecule has 9 nitrogen and oxygen atoms in total. The molecule has 4 aromatic rings. The van der Waals surface area contributed by atoms with Crippen LogP contribution in [-0.2, 0) is 4.79 Å². The predicted molar refractivity (Wildman–Crippen MR) is 96.8 cm³/mol. The first-order chi connectivity index (χ1) is 12.5. The number of aromatic amines is 1. The highest BCUT2D eigenvalue weighted by Gasteiger charge is 2.10. The lowest BCUT2D eigenvalue weighted by atomic mass is 10.0. The first kappa shape index (κ1) is 17.0. The molecule has 0 spiro atoms. The van der Waals surface area contributed by atoms with E-state index in [1.165, 1.54) is 0 Å². The molecular weight excluding hydrogens is 336 g/mol. The van der Waals surface area contributed by atoms with Crippen molar-refractivity contribution in [1.82, 2.24) is 20.2 Å². The molecule has 0 aliphatic heterocycles. The van der Waals surface area contributed by atoms with Gasteiger partial charge in [0.25, 0.3) is 5.97 Å². The zero-order chi connectivity index (χ0) is 18.5. The lowest BCUT2D eigenvalue weighted by Crippen LogP contribution is -1.99. The van der Waals surface area contributed by atoms with Gasteiger partial charge in [0, 0.05) is 35.3 Å². The van der Waals surface area contributed by atoms with Crippen LogP contribution < -0.4 is 11.1 Å². The lowest BCUT2D eigenvalue weighted by molar-refractivity contribution is -0.134. The van der Waals surface area contributed by atoms with E-state index in [2.05, 4.69) is 25.5 Å². The van der Waals surface area contributed by atoms with Gasteiger partial charge in [0.2, 0.25) is 5.95 Å². The first-order valence-corrected chi connectivity index (χ1v) is 7.57. The second kappa shape index (κ2) is 7.34. The number of carbonyl (C=O) groups is 1. The number of nitrogen functional groups attached to an aromatic ring is 1. The average molecular weight is 352 g/mol. The molecule has 0 radical (unpaired) electrons. The standard InChI is InChI=1S/C15H12N6O.C2H4O2/c16-15-17-3-1-13(20-15)19-11-5-10-7-18-21-14(10)12(6-11)9-2-4-22-8-9;1-2(3)4/h1-8H,(H,18,21)(H3,16,17,19,20);1H3,(H,3,4). The van der Waals surface area contributed by atoms with Gasteiger partial charge in [-0.2, -0.15) is 10.1 Å². The topological polar surface area (TPSA) is 143 Å². The Morgan fingerprint density at radius 3 is 2.85 bits per heavy atom. The smallest absolute Gasteiger partial charge is 0.300 e. The molecule has 0 aliphatic carbocycles. The van der Waals surface area contributed by atoms with Crippen molar-refractivity contribution in [3.63, 3.8) is 0 Å². The molecular formula is C17H16N6O3. The number of nitrogens with one attached hydrogen (secondary N) is 2. The zero-order valence-electron chi connectivity index (χ0n) is 13.8. The number of H-pyrrole nitrogens is 1. The Bertz CT molecular complexity index is 1020. The number of nitrogens with zero attached hydrogens (tertiary/aromatic N) is 3. The molecule has 26 heavy (non-hydrogen) atoms. The number of carboxylic acids is 1. The van der Waals surface area contributed by atoms with Crippen molar-refractivity contribution >= 4 is 34.3 Å². The third-order valence-electron chi connectivity index (χ3n) is 3.33. The van der Waals surface area contributed by atoms with Crippen LogP contribution in [0, 0.1) is 0 Å². The fraction of sp³-hybridized carbons (Fsp3) is 0.0588. The largest absolute Gasteiger partial charge is 0.481 e. The van der Waals surface area contributed by atoms with Gasteiger partial charge in [-0.15, -0.1) is 0 Å². The van der Waals surface area contributed by atoms with Crippen LogP contribution in [0.1, 0.15) is 6.92 Å². The van der Waals surface area contributed by atoms with E-state index in [0.717, 1.165) is 34.6 Å². The SMILES string of the molecule is CC(=O)O.Nc1nccc(Nc2cc(-c3ccoc3)c3[nH]ncc3c2)n1. The van der Waals surface area contributed by atoms with Gasteiger partial charge in [-0.1, -0.05) is 0 Å². The summed E-state index contributed by atoms with van der Waals surface area (Å²) in [5, 5.41) is 18.7. The second-order valence-electron chi connectivity index (χ2n) is 5.31. The summed E-state index contributed by atoms with van der Waals surface area (Å²) < 4.78 is 5.18. The third kappa shape index (κ3) is 3.96. The second-order valence-corrected chi connectivity index (χ2v) is 5.31. The first-order valence-electron chi connectivity index (χ1n) is 7.57. The molecule has 3 aromatic heterocycles. The molecule has 9 heteroatoms. The number of aromatic nitrogens is 4. The monoisotopic (exact) mass is 352 g/mol. The van der Waals surface area contributed by atoms with Crippen molar-refractivity contribution in [3.05, 3.63) is 49.2 Å². The number of carboxylic acid groups (broad SMARTS) is 1. The Morgan fingerprint density at radius 1 is 1.35 bits per heavy atom. The molecule has 5 N–H and O–H groups in total. The molecule has 0 unspecified atom stereocenters. The van der Waals surface area contributed by atoms with Gasteiger partial charge in [0.1, 0.15) is 5.82 Å². The van der Waals surface area contributed by atoms with Gasteiger partial charge in [0.15, 0.2) is 0 Å². The summed E-state index contributed by atoms with van der Waals surface area (Å²) in [6.45, 7) is 1.08. The number of hydrogen-bond acceptors (Lipinski definition) is 7. The van der Waals surface area contributed by atoms with Gasteiger partial charge >= 0.3 is 0 Å². The number of hydrogen-bond donors (Lipinski definition) is 4. The van der Waals surface area contributed by atoms with Gasteiger partial charge in [-0.05, 0) is 24.3 Å². The summed E-state index contributed by atoms with van der Waals surface area (Å²) in [6.07, 6.45) is 6.72. The Morgan fingerprint density at radius 2 is 2.15 bits per heavy atom. The van der Waals surface area contributed by atoms with Gasteiger partial charge in [-0.25, -0.2) is 4.98 Å². The highest BCUT2D eigenvalue weighted by molar-refractivity contribution is 5.96. The predicted octanol–water partition coefficient (Wildman–Crippen LogP) is 3.03. The normalized spacial score (nSPS) is 10.2. The minimum absolute atomic E-state index is 0.226. The van der Waals surface area contributed by atoms with Gasteiger partial charge in [0.05, 0.1) is 24.2 Å². The van der Waals surface area contributed by atoms with E-state index in [-0.39, 0.29) is 5.95 Å². The summed E-state index contributed by atoms with van der Waals surface area (Å²) in [4.78, 5) is 17.0. The number of nitrogens with two attached hydrogens (primary N) is 1. The van der Waals surface area contributed by atoms with Crippen LogP contribution in [0.15, 0.2) is 53.6 Å². The Labute approximate surface area is 147 Å². The molecule has 4 rings (SSSR count). The van der Waals surface area contributed by atoms with E-state index in [1.807, 2.05) is 18.2 Å². The number of benzene rings is 1. The van der Waals surface area contributed by atoms with Crippen molar-refractivity contribution in [2.75, 3.05) is 11.1 Å². The Hall–Kier alpha value is -3.88. The van der Waals surface area contributed by atoms with Crippen molar-refractivity contribution in [3.8, 4) is 11.1 Å². The molecule has 0 bridgehead atoms. The maximum atomic E-state index is 9.00. The highest BCUT2D eigenvalue weighted by Crippen LogP contribution is 2.32. The van der Waals surface area contributed by atoms with Crippen LogP contribution in [-0.4, -0.2) is 31.2 Å². The summed E-state index contributed by atoms with van der Waals surface area (Å²) in [6, 6.07) is 7.65. The van der Waals surface area contributed by atoms with E-state index in [4.69, 9.17) is 20.1 Å². The van der Waals surface area contributed by atoms with Crippen LogP contribution >= 0.6 is 0 Å². The van der Waals surface area contributed by atoms with Crippen LogP contribution in [0.25, 0.3) is 22.0 Å². The lowest BCUT2D eigenvalue weighted by Gasteiger charge is -2.08. The molecule has 0 saturated heterocycles.